The molecule has 19 heavy (non-hydrogen) atoms. The minimum Gasteiger partial charge on any atom is -0.399 e. The number of benzene rings is 1. The molecule has 1 saturated heterocycles. The van der Waals surface area contributed by atoms with Crippen LogP contribution < -0.4 is 5.73 Å². The van der Waals surface area contributed by atoms with Crippen molar-refractivity contribution < 1.29 is 4.79 Å². The summed E-state index contributed by atoms with van der Waals surface area (Å²) < 4.78 is 0. The summed E-state index contributed by atoms with van der Waals surface area (Å²) >= 11 is 0. The lowest BCUT2D eigenvalue weighted by molar-refractivity contribution is -0.132. The van der Waals surface area contributed by atoms with Crippen LogP contribution in [-0.2, 0) is 11.2 Å². The first-order valence-corrected chi connectivity index (χ1v) is 7.34. The number of amides is 1. The number of nitrogen functional groups attached to an aromatic ring is 1. The van der Waals surface area contributed by atoms with Crippen molar-refractivity contribution in [3.05, 3.63) is 29.8 Å². The highest BCUT2D eigenvalue weighted by molar-refractivity contribution is 5.79. The van der Waals surface area contributed by atoms with Crippen LogP contribution in [0.25, 0.3) is 0 Å². The second-order valence-electron chi connectivity index (χ2n) is 5.42. The molecule has 1 fully saturated rings. The fourth-order valence-electron chi connectivity index (χ4n) is 2.84. The van der Waals surface area contributed by atoms with Gasteiger partial charge in [0.25, 0.3) is 0 Å². The molecular formula is C16H24N2O. The van der Waals surface area contributed by atoms with Crippen LogP contribution in [0.2, 0.25) is 0 Å². The predicted molar refractivity (Wildman–Crippen MR) is 78.8 cm³/mol. The number of rotatable bonds is 3. The van der Waals surface area contributed by atoms with Crippen molar-refractivity contribution in [3.63, 3.8) is 0 Å². The van der Waals surface area contributed by atoms with Crippen molar-refractivity contribution >= 4 is 11.6 Å². The molecule has 3 heteroatoms. The van der Waals surface area contributed by atoms with Crippen LogP contribution >= 0.6 is 0 Å². The van der Waals surface area contributed by atoms with Crippen LogP contribution in [0, 0.1) is 0 Å². The molecule has 0 radical (unpaired) electrons. The van der Waals surface area contributed by atoms with Gasteiger partial charge in [0.2, 0.25) is 5.91 Å². The third kappa shape index (κ3) is 3.72. The van der Waals surface area contributed by atoms with Crippen LogP contribution in [0.4, 0.5) is 5.69 Å². The first kappa shape index (κ1) is 13.9. The molecular weight excluding hydrogens is 236 g/mol. The van der Waals surface area contributed by atoms with Crippen molar-refractivity contribution in [2.24, 2.45) is 0 Å². The van der Waals surface area contributed by atoms with Gasteiger partial charge in [-0.1, -0.05) is 31.9 Å². The fourth-order valence-corrected chi connectivity index (χ4v) is 2.84. The lowest BCUT2D eigenvalue weighted by Gasteiger charge is -2.29. The van der Waals surface area contributed by atoms with E-state index in [0.717, 1.165) is 37.1 Å². The van der Waals surface area contributed by atoms with E-state index in [1.807, 2.05) is 24.3 Å². The van der Waals surface area contributed by atoms with Crippen molar-refractivity contribution in [3.8, 4) is 0 Å². The predicted octanol–water partition coefficient (Wildman–Crippen LogP) is 2.99. The number of carbonyl (C=O) groups is 1. The SMILES string of the molecule is CC[C@H]1CCCCCN1C(=O)Cc1ccc(N)cc1. The molecule has 0 saturated carbocycles. The Hall–Kier alpha value is -1.51. The summed E-state index contributed by atoms with van der Waals surface area (Å²) in [5.41, 5.74) is 7.47. The minimum absolute atomic E-state index is 0.263. The molecule has 0 bridgehead atoms. The fraction of sp³-hybridized carbons (Fsp3) is 0.562. The van der Waals surface area contributed by atoms with Crippen LogP contribution in [0.1, 0.15) is 44.6 Å². The average Bonchev–Trinajstić information content (AvgIpc) is 2.66. The molecule has 1 aliphatic heterocycles. The van der Waals surface area contributed by atoms with E-state index < -0.39 is 0 Å². The van der Waals surface area contributed by atoms with Gasteiger partial charge < -0.3 is 10.6 Å². The molecule has 1 atom stereocenters. The van der Waals surface area contributed by atoms with Gasteiger partial charge in [-0.25, -0.2) is 0 Å². The Morgan fingerprint density at radius 1 is 1.26 bits per heavy atom. The molecule has 0 aromatic heterocycles. The average molecular weight is 260 g/mol. The van der Waals surface area contributed by atoms with E-state index >= 15 is 0 Å². The van der Waals surface area contributed by atoms with E-state index in [9.17, 15) is 4.79 Å². The molecule has 1 aromatic carbocycles. The molecule has 1 aromatic rings. The molecule has 0 unspecified atom stereocenters. The third-order valence-corrected chi connectivity index (χ3v) is 4.00. The van der Waals surface area contributed by atoms with Crippen LogP contribution in [0.15, 0.2) is 24.3 Å². The van der Waals surface area contributed by atoms with E-state index in [2.05, 4.69) is 11.8 Å². The zero-order chi connectivity index (χ0) is 13.7. The van der Waals surface area contributed by atoms with Crippen molar-refractivity contribution in [1.29, 1.82) is 0 Å². The Balaban J connectivity index is 2.02. The summed E-state index contributed by atoms with van der Waals surface area (Å²) in [4.78, 5) is 14.6. The normalized spacial score (nSPS) is 20.1. The topological polar surface area (TPSA) is 46.3 Å². The van der Waals surface area contributed by atoms with Gasteiger partial charge in [0.15, 0.2) is 0 Å². The Labute approximate surface area is 115 Å². The molecule has 0 spiro atoms. The number of nitrogens with two attached hydrogens (primary N) is 1. The highest BCUT2D eigenvalue weighted by Gasteiger charge is 2.23. The highest BCUT2D eigenvalue weighted by Crippen LogP contribution is 2.20. The van der Waals surface area contributed by atoms with Crippen LogP contribution in [0.5, 0.6) is 0 Å². The number of likely N-dealkylation sites (tertiary alicyclic amines) is 1. The van der Waals surface area contributed by atoms with Crippen LogP contribution in [0.3, 0.4) is 0 Å². The highest BCUT2D eigenvalue weighted by atomic mass is 16.2. The maximum Gasteiger partial charge on any atom is 0.227 e. The van der Waals surface area contributed by atoms with E-state index in [4.69, 9.17) is 5.73 Å². The van der Waals surface area contributed by atoms with Gasteiger partial charge in [0, 0.05) is 18.3 Å². The number of carbonyl (C=O) groups excluding carboxylic acids is 1. The molecule has 2 N–H and O–H groups in total. The maximum atomic E-state index is 12.5. The van der Waals surface area contributed by atoms with Gasteiger partial charge >= 0.3 is 0 Å². The Morgan fingerprint density at radius 3 is 2.68 bits per heavy atom. The number of nitrogens with zero attached hydrogens (tertiary/aromatic N) is 1. The second kappa shape index (κ2) is 6.60. The monoisotopic (exact) mass is 260 g/mol. The lowest BCUT2D eigenvalue weighted by atomic mass is 10.1. The summed E-state index contributed by atoms with van der Waals surface area (Å²) in [6, 6.07) is 8.06. The van der Waals surface area contributed by atoms with E-state index in [0.29, 0.717) is 12.5 Å². The van der Waals surface area contributed by atoms with Crippen LogP contribution in [-0.4, -0.2) is 23.4 Å². The second-order valence-corrected chi connectivity index (χ2v) is 5.42. The molecule has 1 heterocycles. The Kier molecular flexibility index (Phi) is 4.83. The largest absolute Gasteiger partial charge is 0.399 e. The van der Waals surface area contributed by atoms with E-state index in [-0.39, 0.29) is 5.91 Å². The molecule has 2 rings (SSSR count). The zero-order valence-corrected chi connectivity index (χ0v) is 11.8. The first-order chi connectivity index (χ1) is 9.20. The molecule has 0 aliphatic carbocycles. The van der Waals surface area contributed by atoms with E-state index in [1.54, 1.807) is 0 Å². The summed E-state index contributed by atoms with van der Waals surface area (Å²) in [6.07, 6.45) is 6.37. The van der Waals surface area contributed by atoms with Crippen molar-refractivity contribution in [2.75, 3.05) is 12.3 Å². The molecule has 3 nitrogen and oxygen atoms in total. The summed E-state index contributed by atoms with van der Waals surface area (Å²) in [5, 5.41) is 0. The number of anilines is 1. The first-order valence-electron chi connectivity index (χ1n) is 7.34. The maximum absolute atomic E-state index is 12.5. The smallest absolute Gasteiger partial charge is 0.227 e. The summed E-state index contributed by atoms with van der Waals surface area (Å²) in [7, 11) is 0. The van der Waals surface area contributed by atoms with Gasteiger partial charge in [-0.2, -0.15) is 0 Å². The van der Waals surface area contributed by atoms with Gasteiger partial charge in [0.1, 0.15) is 0 Å². The summed E-state index contributed by atoms with van der Waals surface area (Å²) in [6.45, 7) is 3.10. The van der Waals surface area contributed by atoms with Gasteiger partial charge in [-0.05, 0) is 37.0 Å². The number of hydrogen-bond donors (Lipinski definition) is 1. The molecule has 1 aliphatic rings. The summed E-state index contributed by atoms with van der Waals surface area (Å²) in [5.74, 6) is 0.263. The van der Waals surface area contributed by atoms with E-state index in [1.165, 1.54) is 12.8 Å². The van der Waals surface area contributed by atoms with Gasteiger partial charge in [0.05, 0.1) is 6.42 Å². The molecule has 1 amide bonds. The standard InChI is InChI=1S/C16H24N2O/c1-2-15-6-4-3-5-11-18(15)16(19)12-13-7-9-14(17)10-8-13/h7-10,15H,2-6,11-12,17H2,1H3/t15-/m0/s1. The lowest BCUT2D eigenvalue weighted by Crippen LogP contribution is -2.40. The number of hydrogen-bond acceptors (Lipinski definition) is 2. The zero-order valence-electron chi connectivity index (χ0n) is 11.8. The van der Waals surface area contributed by atoms with Crippen molar-refractivity contribution in [2.45, 2.75) is 51.5 Å². The Bertz CT molecular complexity index is 413. The van der Waals surface area contributed by atoms with Crippen molar-refractivity contribution in [1.82, 2.24) is 4.90 Å². The van der Waals surface area contributed by atoms with Gasteiger partial charge in [-0.3, -0.25) is 4.79 Å². The quantitative estimate of drug-likeness (QED) is 0.849. The molecule has 104 valence electrons. The van der Waals surface area contributed by atoms with Gasteiger partial charge in [-0.15, -0.1) is 0 Å². The third-order valence-electron chi connectivity index (χ3n) is 4.00. The Morgan fingerprint density at radius 2 is 2.00 bits per heavy atom. The minimum atomic E-state index is 0.263.